The van der Waals surface area contributed by atoms with E-state index >= 15 is 0 Å². The van der Waals surface area contributed by atoms with Gasteiger partial charge in [0.2, 0.25) is 5.91 Å². The molecule has 0 fully saturated rings. The lowest BCUT2D eigenvalue weighted by molar-refractivity contribution is -0.117. The van der Waals surface area contributed by atoms with Crippen LogP contribution in [0.15, 0.2) is 18.2 Å². The molecular weight excluding hydrogens is 259 g/mol. The van der Waals surface area contributed by atoms with Crippen molar-refractivity contribution in [1.29, 1.82) is 0 Å². The molecule has 0 aliphatic rings. The number of amides is 1. The van der Waals surface area contributed by atoms with E-state index in [9.17, 15) is 9.18 Å². The highest BCUT2D eigenvalue weighted by Crippen LogP contribution is 2.18. The summed E-state index contributed by atoms with van der Waals surface area (Å²) in [4.78, 5) is 11.7. The van der Waals surface area contributed by atoms with E-state index in [0.29, 0.717) is 25.1 Å². The molecule has 0 saturated heterocycles. The number of hydrogen-bond acceptors (Lipinski definition) is 3. The predicted octanol–water partition coefficient (Wildman–Crippen LogP) is 2.17. The third-order valence-corrected chi connectivity index (χ3v) is 2.55. The molecule has 3 N–H and O–H groups in total. The smallest absolute Gasteiger partial charge is 0.241 e. The molecule has 1 unspecified atom stereocenters. The minimum atomic E-state index is -0.651. The molecule has 0 saturated carbocycles. The number of carbonyl (C=O) groups excluding carboxylic acids is 1. The summed E-state index contributed by atoms with van der Waals surface area (Å²) in [7, 11) is 1.58. The number of methoxy groups -OCH3 is 1. The van der Waals surface area contributed by atoms with Crippen molar-refractivity contribution < 1.29 is 13.9 Å². The molecule has 0 spiro atoms. The minimum absolute atomic E-state index is 0.221. The van der Waals surface area contributed by atoms with Gasteiger partial charge in [0.1, 0.15) is 5.82 Å². The molecule has 0 aliphatic carbocycles. The van der Waals surface area contributed by atoms with Gasteiger partial charge in [0, 0.05) is 24.4 Å². The first kappa shape index (κ1) is 14.9. The first-order valence-electron chi connectivity index (χ1n) is 5.54. The number of halogens is 2. The molecule has 1 aromatic rings. The van der Waals surface area contributed by atoms with Gasteiger partial charge in [-0.3, -0.25) is 4.79 Å². The quantitative estimate of drug-likeness (QED) is 0.782. The zero-order chi connectivity index (χ0) is 13.5. The van der Waals surface area contributed by atoms with Gasteiger partial charge in [0.15, 0.2) is 0 Å². The summed E-state index contributed by atoms with van der Waals surface area (Å²) in [5.74, 6) is -0.876. The van der Waals surface area contributed by atoms with Crippen LogP contribution in [-0.4, -0.2) is 25.7 Å². The van der Waals surface area contributed by atoms with Gasteiger partial charge < -0.3 is 15.8 Å². The van der Waals surface area contributed by atoms with E-state index in [2.05, 4.69) is 5.32 Å². The molecule has 0 heterocycles. The number of carbonyl (C=O) groups is 1. The number of hydrogen-bond donors (Lipinski definition) is 2. The molecule has 4 nitrogen and oxygen atoms in total. The van der Waals surface area contributed by atoms with Crippen molar-refractivity contribution in [2.45, 2.75) is 18.9 Å². The Kier molecular flexibility index (Phi) is 6.04. The lowest BCUT2D eigenvalue weighted by atomic mass is 10.1. The molecule has 18 heavy (non-hydrogen) atoms. The van der Waals surface area contributed by atoms with Gasteiger partial charge in [-0.2, -0.15) is 0 Å². The number of nitrogens with two attached hydrogens (primary N) is 1. The van der Waals surface area contributed by atoms with Crippen molar-refractivity contribution in [2.24, 2.45) is 5.73 Å². The van der Waals surface area contributed by atoms with E-state index in [1.165, 1.54) is 12.1 Å². The average molecular weight is 275 g/mol. The van der Waals surface area contributed by atoms with Crippen molar-refractivity contribution in [1.82, 2.24) is 0 Å². The van der Waals surface area contributed by atoms with Crippen LogP contribution in [0.1, 0.15) is 12.8 Å². The molecule has 1 atom stereocenters. The summed E-state index contributed by atoms with van der Waals surface area (Å²) in [6.07, 6.45) is 1.19. The Morgan fingerprint density at radius 3 is 2.89 bits per heavy atom. The zero-order valence-corrected chi connectivity index (χ0v) is 10.8. The maximum Gasteiger partial charge on any atom is 0.241 e. The van der Waals surface area contributed by atoms with E-state index in [4.69, 9.17) is 22.1 Å². The van der Waals surface area contributed by atoms with Crippen LogP contribution >= 0.6 is 11.6 Å². The summed E-state index contributed by atoms with van der Waals surface area (Å²) in [6.45, 7) is 0.548. The second-order valence-electron chi connectivity index (χ2n) is 3.89. The Morgan fingerprint density at radius 2 is 2.28 bits per heavy atom. The maximum absolute atomic E-state index is 13.0. The Bertz CT molecular complexity index is 395. The second kappa shape index (κ2) is 7.31. The highest BCUT2D eigenvalue weighted by Gasteiger charge is 2.13. The maximum atomic E-state index is 13.0. The third-order valence-electron chi connectivity index (χ3n) is 2.33. The second-order valence-corrected chi connectivity index (χ2v) is 4.33. The van der Waals surface area contributed by atoms with Crippen molar-refractivity contribution in [3.8, 4) is 0 Å². The first-order chi connectivity index (χ1) is 8.52. The van der Waals surface area contributed by atoms with Gasteiger partial charge in [-0.1, -0.05) is 11.6 Å². The number of anilines is 1. The number of nitrogens with one attached hydrogen (secondary N) is 1. The highest BCUT2D eigenvalue weighted by atomic mass is 35.5. The molecule has 1 rings (SSSR count). The topological polar surface area (TPSA) is 64.3 Å². The van der Waals surface area contributed by atoms with Crippen LogP contribution in [0.4, 0.5) is 10.1 Å². The lowest BCUT2D eigenvalue weighted by Gasteiger charge is -2.12. The predicted molar refractivity (Wildman–Crippen MR) is 69.1 cm³/mol. The van der Waals surface area contributed by atoms with E-state index in [1.54, 1.807) is 7.11 Å². The van der Waals surface area contributed by atoms with E-state index in [1.807, 2.05) is 0 Å². The Morgan fingerprint density at radius 1 is 1.56 bits per heavy atom. The van der Waals surface area contributed by atoms with Gasteiger partial charge in [-0.05, 0) is 31.0 Å². The van der Waals surface area contributed by atoms with Crippen LogP contribution in [0.25, 0.3) is 0 Å². The van der Waals surface area contributed by atoms with E-state index in [0.717, 1.165) is 6.07 Å². The van der Waals surface area contributed by atoms with Crippen molar-refractivity contribution in [2.75, 3.05) is 19.0 Å². The standard InChI is InChI=1S/C12H16ClFN2O2/c1-18-4-2-3-11(15)12(17)16-10-6-8(13)5-9(14)7-10/h5-7,11H,2-4,15H2,1H3,(H,16,17). The minimum Gasteiger partial charge on any atom is -0.385 e. The Hall–Kier alpha value is -1.17. The fourth-order valence-corrected chi connectivity index (χ4v) is 1.66. The Labute approximate surface area is 110 Å². The SMILES string of the molecule is COCCCC(N)C(=O)Nc1cc(F)cc(Cl)c1. The van der Waals surface area contributed by atoms with Crippen LogP contribution in [0, 0.1) is 5.82 Å². The van der Waals surface area contributed by atoms with Gasteiger partial charge in [0.05, 0.1) is 6.04 Å². The molecule has 100 valence electrons. The first-order valence-corrected chi connectivity index (χ1v) is 5.92. The van der Waals surface area contributed by atoms with Gasteiger partial charge in [-0.15, -0.1) is 0 Å². The van der Waals surface area contributed by atoms with Crippen molar-refractivity contribution in [3.05, 3.63) is 29.0 Å². The number of rotatable bonds is 6. The monoisotopic (exact) mass is 274 g/mol. The van der Waals surface area contributed by atoms with Crippen LogP contribution in [-0.2, 0) is 9.53 Å². The summed E-state index contributed by atoms with van der Waals surface area (Å²) in [6, 6.07) is 3.16. The fourth-order valence-electron chi connectivity index (χ4n) is 1.44. The van der Waals surface area contributed by atoms with Crippen LogP contribution < -0.4 is 11.1 Å². The number of benzene rings is 1. The largest absolute Gasteiger partial charge is 0.385 e. The van der Waals surface area contributed by atoms with E-state index in [-0.39, 0.29) is 10.9 Å². The van der Waals surface area contributed by atoms with Gasteiger partial charge >= 0.3 is 0 Å². The highest BCUT2D eigenvalue weighted by molar-refractivity contribution is 6.30. The molecule has 6 heteroatoms. The van der Waals surface area contributed by atoms with Crippen molar-refractivity contribution in [3.63, 3.8) is 0 Å². The Balaban J connectivity index is 2.52. The average Bonchev–Trinajstić information content (AvgIpc) is 2.27. The summed E-state index contributed by atoms with van der Waals surface area (Å²) in [5.41, 5.74) is 5.99. The normalized spacial score (nSPS) is 12.2. The molecular formula is C12H16ClFN2O2. The van der Waals surface area contributed by atoms with Crippen molar-refractivity contribution >= 4 is 23.2 Å². The van der Waals surface area contributed by atoms with Crippen LogP contribution in [0.3, 0.4) is 0 Å². The summed E-state index contributed by atoms with van der Waals surface area (Å²) < 4.78 is 17.9. The van der Waals surface area contributed by atoms with Crippen LogP contribution in [0.5, 0.6) is 0 Å². The summed E-state index contributed by atoms with van der Waals surface area (Å²) >= 11 is 5.68. The third kappa shape index (κ3) is 5.00. The summed E-state index contributed by atoms with van der Waals surface area (Å²) in [5, 5.41) is 2.74. The number of ether oxygens (including phenoxy) is 1. The molecule has 0 radical (unpaired) electrons. The van der Waals surface area contributed by atoms with Gasteiger partial charge in [-0.25, -0.2) is 4.39 Å². The molecule has 1 aromatic carbocycles. The fraction of sp³-hybridized carbons (Fsp3) is 0.417. The van der Waals surface area contributed by atoms with Crippen LogP contribution in [0.2, 0.25) is 5.02 Å². The van der Waals surface area contributed by atoms with E-state index < -0.39 is 11.9 Å². The zero-order valence-electron chi connectivity index (χ0n) is 10.1. The van der Waals surface area contributed by atoms with Gasteiger partial charge in [0.25, 0.3) is 0 Å². The molecule has 0 aromatic heterocycles. The lowest BCUT2D eigenvalue weighted by Crippen LogP contribution is -2.35. The molecule has 1 amide bonds. The molecule has 0 aliphatic heterocycles. The molecule has 0 bridgehead atoms.